The molecule has 0 spiro atoms. The van der Waals surface area contributed by atoms with Gasteiger partial charge in [0.05, 0.1) is 11.8 Å². The van der Waals surface area contributed by atoms with Crippen LogP contribution in [0.4, 0.5) is 0 Å². The van der Waals surface area contributed by atoms with Gasteiger partial charge < -0.3 is 10.0 Å². The van der Waals surface area contributed by atoms with E-state index in [0.717, 1.165) is 17.7 Å². The first kappa shape index (κ1) is 13.1. The quantitative estimate of drug-likeness (QED) is 0.883. The lowest BCUT2D eigenvalue weighted by molar-refractivity contribution is -0.142. The zero-order chi connectivity index (χ0) is 14.5. The van der Waals surface area contributed by atoms with Crippen LogP contribution in [0.15, 0.2) is 18.3 Å². The molecule has 0 aromatic carbocycles. The summed E-state index contributed by atoms with van der Waals surface area (Å²) in [5.74, 6) is -1.84. The van der Waals surface area contributed by atoms with Crippen molar-refractivity contribution in [2.75, 3.05) is 6.54 Å². The van der Waals surface area contributed by atoms with Gasteiger partial charge in [-0.05, 0) is 17.0 Å². The molecule has 5 nitrogen and oxygen atoms in total. The minimum atomic E-state index is -0.868. The molecule has 0 saturated heterocycles. The summed E-state index contributed by atoms with van der Waals surface area (Å²) in [6, 6.07) is 3.85. The van der Waals surface area contributed by atoms with Crippen molar-refractivity contribution < 1.29 is 14.7 Å². The Labute approximate surface area is 117 Å². The number of fused-ring (bicyclic) bond motifs is 1. The lowest BCUT2D eigenvalue weighted by atomic mass is 10.0. The average Bonchev–Trinajstić information content (AvgIpc) is 3.00. The van der Waals surface area contributed by atoms with E-state index in [-0.39, 0.29) is 5.91 Å². The maximum absolute atomic E-state index is 12.5. The number of aliphatic carboxylic acids is 1. The van der Waals surface area contributed by atoms with Gasteiger partial charge in [0.15, 0.2) is 0 Å². The predicted molar refractivity (Wildman–Crippen MR) is 71.8 cm³/mol. The third-order valence-electron chi connectivity index (χ3n) is 4.64. The summed E-state index contributed by atoms with van der Waals surface area (Å²) in [7, 11) is 0. The molecular formula is C15H18N2O3. The molecule has 1 fully saturated rings. The Bertz CT molecular complexity index is 582. The van der Waals surface area contributed by atoms with E-state index in [4.69, 9.17) is 0 Å². The van der Waals surface area contributed by atoms with Gasteiger partial charge in [-0.1, -0.05) is 19.9 Å². The van der Waals surface area contributed by atoms with Gasteiger partial charge in [0.1, 0.15) is 0 Å². The molecule has 1 aliphatic heterocycles. The zero-order valence-electron chi connectivity index (χ0n) is 11.7. The number of aromatic nitrogens is 1. The summed E-state index contributed by atoms with van der Waals surface area (Å²) in [5.41, 5.74) is 1.68. The smallest absolute Gasteiger partial charge is 0.307 e. The summed E-state index contributed by atoms with van der Waals surface area (Å²) < 4.78 is 0. The van der Waals surface area contributed by atoms with E-state index < -0.39 is 23.2 Å². The van der Waals surface area contributed by atoms with E-state index in [1.54, 1.807) is 11.1 Å². The Kier molecular flexibility index (Phi) is 2.81. The number of nitrogens with zero attached hydrogens (tertiary/aromatic N) is 2. The molecular weight excluding hydrogens is 256 g/mol. The van der Waals surface area contributed by atoms with Gasteiger partial charge in [0.2, 0.25) is 5.91 Å². The van der Waals surface area contributed by atoms with Crippen LogP contribution in [0.1, 0.15) is 25.1 Å². The van der Waals surface area contributed by atoms with E-state index >= 15 is 0 Å². The summed E-state index contributed by atoms with van der Waals surface area (Å²) in [5, 5.41) is 9.18. The molecule has 0 bridgehead atoms. The van der Waals surface area contributed by atoms with Gasteiger partial charge in [-0.25, -0.2) is 0 Å². The van der Waals surface area contributed by atoms with Crippen LogP contribution < -0.4 is 0 Å². The van der Waals surface area contributed by atoms with Crippen LogP contribution in [-0.4, -0.2) is 33.4 Å². The standard InChI is InChI=1S/C15H18N2O3/c1-15(2)11(12(15)14(19)20)13(18)17-7-5-10-9(8-17)4-3-6-16-10/h3-4,6,11-12H,5,7-8H2,1-2H3,(H,19,20). The molecule has 5 heteroatoms. The number of hydrogen-bond acceptors (Lipinski definition) is 3. The molecule has 1 amide bonds. The van der Waals surface area contributed by atoms with Crippen molar-refractivity contribution in [3.05, 3.63) is 29.6 Å². The monoisotopic (exact) mass is 274 g/mol. The molecule has 106 valence electrons. The summed E-state index contributed by atoms with van der Waals surface area (Å²) >= 11 is 0. The molecule has 3 rings (SSSR count). The van der Waals surface area contributed by atoms with Crippen LogP contribution in [-0.2, 0) is 22.6 Å². The Balaban J connectivity index is 1.76. The first-order valence-corrected chi connectivity index (χ1v) is 6.87. The van der Waals surface area contributed by atoms with Crippen LogP contribution in [0.2, 0.25) is 0 Å². The van der Waals surface area contributed by atoms with Crippen molar-refractivity contribution in [3.63, 3.8) is 0 Å². The van der Waals surface area contributed by atoms with E-state index in [0.29, 0.717) is 13.1 Å². The normalized spacial score (nSPS) is 26.8. The molecule has 1 aromatic heterocycles. The molecule has 2 atom stereocenters. The minimum absolute atomic E-state index is 0.0306. The highest BCUT2D eigenvalue weighted by Crippen LogP contribution is 2.59. The third kappa shape index (κ3) is 1.88. The maximum Gasteiger partial charge on any atom is 0.307 e. The van der Waals surface area contributed by atoms with E-state index in [1.165, 1.54) is 0 Å². The number of carboxylic acids is 1. The minimum Gasteiger partial charge on any atom is -0.481 e. The fourth-order valence-corrected chi connectivity index (χ4v) is 3.31. The highest BCUT2D eigenvalue weighted by molar-refractivity contribution is 5.91. The van der Waals surface area contributed by atoms with E-state index in [9.17, 15) is 14.7 Å². The Morgan fingerprint density at radius 1 is 1.40 bits per heavy atom. The average molecular weight is 274 g/mol. The number of carbonyl (C=O) groups is 2. The van der Waals surface area contributed by atoms with E-state index in [2.05, 4.69) is 4.98 Å². The van der Waals surface area contributed by atoms with Crippen molar-refractivity contribution in [2.45, 2.75) is 26.8 Å². The molecule has 1 saturated carbocycles. The third-order valence-corrected chi connectivity index (χ3v) is 4.64. The summed E-state index contributed by atoms with van der Waals surface area (Å²) in [6.45, 7) is 4.88. The SMILES string of the molecule is CC1(C)C(C(=O)O)C1C(=O)N1CCc2ncccc2C1. The number of hydrogen-bond donors (Lipinski definition) is 1. The second-order valence-electron chi connectivity index (χ2n) is 6.23. The van der Waals surface area contributed by atoms with Gasteiger partial charge in [-0.3, -0.25) is 14.6 Å². The van der Waals surface area contributed by atoms with E-state index in [1.807, 2.05) is 26.0 Å². The van der Waals surface area contributed by atoms with Crippen molar-refractivity contribution in [3.8, 4) is 0 Å². The highest BCUT2D eigenvalue weighted by Gasteiger charge is 2.66. The number of rotatable bonds is 2. The second kappa shape index (κ2) is 4.30. The lowest BCUT2D eigenvalue weighted by Gasteiger charge is -2.28. The van der Waals surface area contributed by atoms with Crippen LogP contribution in [0.25, 0.3) is 0 Å². The van der Waals surface area contributed by atoms with Crippen molar-refractivity contribution >= 4 is 11.9 Å². The lowest BCUT2D eigenvalue weighted by Crippen LogP contribution is -2.38. The Morgan fingerprint density at radius 3 is 2.80 bits per heavy atom. The summed E-state index contributed by atoms with van der Waals surface area (Å²) in [4.78, 5) is 29.8. The first-order chi connectivity index (χ1) is 9.43. The van der Waals surface area contributed by atoms with Crippen molar-refractivity contribution in [2.24, 2.45) is 17.3 Å². The molecule has 2 aliphatic rings. The van der Waals surface area contributed by atoms with Gasteiger partial charge >= 0.3 is 5.97 Å². The van der Waals surface area contributed by atoms with Crippen LogP contribution in [0, 0.1) is 17.3 Å². The van der Waals surface area contributed by atoms with Gasteiger partial charge in [-0.2, -0.15) is 0 Å². The fourth-order valence-electron chi connectivity index (χ4n) is 3.31. The zero-order valence-corrected chi connectivity index (χ0v) is 11.7. The molecule has 20 heavy (non-hydrogen) atoms. The maximum atomic E-state index is 12.5. The number of carbonyl (C=O) groups excluding carboxylic acids is 1. The topological polar surface area (TPSA) is 70.5 Å². The molecule has 1 aliphatic carbocycles. The number of amides is 1. The molecule has 2 unspecified atom stereocenters. The molecule has 0 radical (unpaired) electrons. The fraction of sp³-hybridized carbons (Fsp3) is 0.533. The predicted octanol–water partition coefficient (Wildman–Crippen LogP) is 1.32. The first-order valence-electron chi connectivity index (χ1n) is 6.87. The largest absolute Gasteiger partial charge is 0.481 e. The molecule has 1 N–H and O–H groups in total. The second-order valence-corrected chi connectivity index (χ2v) is 6.23. The molecule has 1 aromatic rings. The van der Waals surface area contributed by atoms with Crippen LogP contribution in [0.5, 0.6) is 0 Å². The van der Waals surface area contributed by atoms with Gasteiger partial charge in [0.25, 0.3) is 0 Å². The van der Waals surface area contributed by atoms with Gasteiger partial charge in [0, 0.05) is 31.4 Å². The number of pyridine rings is 1. The number of carboxylic acid groups (broad SMARTS) is 1. The Morgan fingerprint density at radius 2 is 2.15 bits per heavy atom. The van der Waals surface area contributed by atoms with Crippen molar-refractivity contribution in [1.82, 2.24) is 9.88 Å². The van der Waals surface area contributed by atoms with Crippen LogP contribution in [0.3, 0.4) is 0 Å². The van der Waals surface area contributed by atoms with Gasteiger partial charge in [-0.15, -0.1) is 0 Å². The van der Waals surface area contributed by atoms with Crippen molar-refractivity contribution in [1.29, 1.82) is 0 Å². The van der Waals surface area contributed by atoms with Crippen LogP contribution >= 0.6 is 0 Å². The summed E-state index contributed by atoms with van der Waals surface area (Å²) in [6.07, 6.45) is 2.51. The highest BCUT2D eigenvalue weighted by atomic mass is 16.4. The Hall–Kier alpha value is -1.91. The molecule has 2 heterocycles.